The van der Waals surface area contributed by atoms with Crippen LogP contribution in [0.25, 0.3) is 33.4 Å². The molecule has 2 heterocycles. The third-order valence-electron chi connectivity index (χ3n) is 9.33. The lowest BCUT2D eigenvalue weighted by Gasteiger charge is -2.24. The Morgan fingerprint density at radius 3 is 1.64 bits per heavy atom. The van der Waals surface area contributed by atoms with Crippen molar-refractivity contribution in [1.29, 1.82) is 0 Å². The van der Waals surface area contributed by atoms with Crippen molar-refractivity contribution in [3.63, 3.8) is 0 Å². The smallest absolute Gasteiger partial charge is 0.0273 e. The highest BCUT2D eigenvalue weighted by molar-refractivity contribution is 5.83. The molecule has 1 fully saturated rings. The normalized spacial score (nSPS) is 18.9. The fourth-order valence-corrected chi connectivity index (χ4v) is 6.97. The lowest BCUT2D eigenvalue weighted by Crippen LogP contribution is -2.30. The molecule has 5 aromatic rings. The molecule has 0 unspecified atom stereocenters. The first-order chi connectivity index (χ1) is 22.2. The van der Waals surface area contributed by atoms with E-state index in [1.54, 1.807) is 0 Å². The fraction of sp³-hybridized carbons (Fsp3) is 0.163. The van der Waals surface area contributed by atoms with Crippen LogP contribution < -0.4 is 10.4 Å². The molecule has 0 N–H and O–H groups in total. The van der Waals surface area contributed by atoms with Gasteiger partial charge in [-0.15, -0.1) is 0 Å². The number of pyridine rings is 2. The summed E-state index contributed by atoms with van der Waals surface area (Å²) in [7, 11) is 0. The van der Waals surface area contributed by atoms with Crippen molar-refractivity contribution < 1.29 is 0 Å². The highest BCUT2D eigenvalue weighted by Crippen LogP contribution is 2.34. The molecule has 220 valence electrons. The van der Waals surface area contributed by atoms with E-state index in [1.807, 2.05) is 24.8 Å². The first kappa shape index (κ1) is 28.7. The van der Waals surface area contributed by atoms with Gasteiger partial charge in [0.2, 0.25) is 0 Å². The Labute approximate surface area is 266 Å². The minimum absolute atomic E-state index is 0.583. The SMILES string of the molecule is C=C1/C=C(C2CCCCC2)\C=C/C/C(c2ccc(-c3ccncc3)cc2)=c2/ccccc2=C1c1ccc(-c2ccncc2)cc1. The van der Waals surface area contributed by atoms with E-state index in [4.69, 9.17) is 6.58 Å². The predicted molar refractivity (Wildman–Crippen MR) is 188 cm³/mol. The molecule has 2 aromatic heterocycles. The number of benzene rings is 3. The van der Waals surface area contributed by atoms with Crippen LogP contribution in [0.3, 0.4) is 0 Å². The van der Waals surface area contributed by atoms with E-state index < -0.39 is 0 Å². The Morgan fingerprint density at radius 2 is 1.04 bits per heavy atom. The van der Waals surface area contributed by atoms with Gasteiger partial charge in [-0.1, -0.05) is 117 Å². The molecule has 1 saturated carbocycles. The van der Waals surface area contributed by atoms with Gasteiger partial charge in [0, 0.05) is 24.8 Å². The van der Waals surface area contributed by atoms with E-state index in [-0.39, 0.29) is 0 Å². The molecule has 7 rings (SSSR count). The third kappa shape index (κ3) is 6.28. The second kappa shape index (κ2) is 13.3. The van der Waals surface area contributed by atoms with Crippen LogP contribution in [0, 0.1) is 5.92 Å². The Kier molecular flexibility index (Phi) is 8.46. The van der Waals surface area contributed by atoms with Crippen LogP contribution >= 0.6 is 0 Å². The van der Waals surface area contributed by atoms with Gasteiger partial charge in [-0.2, -0.15) is 0 Å². The first-order valence-electron chi connectivity index (χ1n) is 16.2. The van der Waals surface area contributed by atoms with Gasteiger partial charge in [-0.05, 0) is 116 Å². The van der Waals surface area contributed by atoms with Gasteiger partial charge in [-0.25, -0.2) is 0 Å². The summed E-state index contributed by atoms with van der Waals surface area (Å²) in [4.78, 5) is 8.39. The van der Waals surface area contributed by atoms with E-state index in [0.29, 0.717) is 5.92 Å². The number of aromatic nitrogens is 2. The second-order valence-electron chi connectivity index (χ2n) is 12.1. The number of rotatable bonds is 5. The maximum atomic E-state index is 4.74. The van der Waals surface area contributed by atoms with E-state index in [0.717, 1.165) is 12.0 Å². The molecule has 2 aliphatic carbocycles. The molecule has 0 atom stereocenters. The van der Waals surface area contributed by atoms with Crippen molar-refractivity contribution in [2.24, 2.45) is 5.92 Å². The van der Waals surface area contributed by atoms with Crippen LogP contribution in [0.4, 0.5) is 0 Å². The van der Waals surface area contributed by atoms with Gasteiger partial charge < -0.3 is 0 Å². The number of nitrogens with zero attached hydrogens (tertiary/aromatic N) is 2. The van der Waals surface area contributed by atoms with Crippen molar-refractivity contribution in [3.8, 4) is 22.3 Å². The summed E-state index contributed by atoms with van der Waals surface area (Å²) in [5, 5.41) is 2.48. The zero-order valence-electron chi connectivity index (χ0n) is 25.7. The first-order valence-corrected chi connectivity index (χ1v) is 16.2. The summed E-state index contributed by atoms with van der Waals surface area (Å²) in [5.41, 5.74) is 12.2. The summed E-state index contributed by atoms with van der Waals surface area (Å²) in [6.45, 7) is 4.74. The highest BCUT2D eigenvalue weighted by atomic mass is 14.6. The maximum Gasteiger partial charge on any atom is 0.0273 e. The second-order valence-corrected chi connectivity index (χ2v) is 12.1. The molecule has 45 heavy (non-hydrogen) atoms. The molecule has 0 saturated heterocycles. The zero-order chi connectivity index (χ0) is 30.4. The van der Waals surface area contributed by atoms with Crippen molar-refractivity contribution in [3.05, 3.63) is 179 Å². The van der Waals surface area contributed by atoms with Crippen molar-refractivity contribution in [2.75, 3.05) is 0 Å². The quantitative estimate of drug-likeness (QED) is 0.206. The number of hydrogen-bond donors (Lipinski definition) is 0. The van der Waals surface area contributed by atoms with Gasteiger partial charge in [-0.3, -0.25) is 9.97 Å². The highest BCUT2D eigenvalue weighted by Gasteiger charge is 2.19. The molecule has 0 radical (unpaired) electrons. The summed E-state index contributed by atoms with van der Waals surface area (Å²) in [5.74, 6) is 0.583. The molecule has 0 spiro atoms. The summed E-state index contributed by atoms with van der Waals surface area (Å²) < 4.78 is 0. The van der Waals surface area contributed by atoms with Crippen LogP contribution in [-0.4, -0.2) is 9.97 Å². The molecule has 2 nitrogen and oxygen atoms in total. The third-order valence-corrected chi connectivity index (χ3v) is 9.33. The zero-order valence-corrected chi connectivity index (χ0v) is 25.7. The summed E-state index contributed by atoms with van der Waals surface area (Å²) in [6.07, 6.45) is 21.9. The molecule has 0 aliphatic heterocycles. The Morgan fingerprint density at radius 1 is 0.533 bits per heavy atom. The van der Waals surface area contributed by atoms with Crippen molar-refractivity contribution >= 4 is 11.1 Å². The van der Waals surface area contributed by atoms with E-state index in [2.05, 4.69) is 125 Å². The lowest BCUT2D eigenvalue weighted by molar-refractivity contribution is 0.408. The molecular formula is C43H38N2. The minimum Gasteiger partial charge on any atom is -0.265 e. The fourth-order valence-electron chi connectivity index (χ4n) is 6.97. The average Bonchev–Trinajstić information content (AvgIpc) is 3.11. The summed E-state index contributed by atoms with van der Waals surface area (Å²) in [6, 6.07) is 35.1. The van der Waals surface area contributed by atoms with Gasteiger partial charge >= 0.3 is 0 Å². The van der Waals surface area contributed by atoms with Gasteiger partial charge in [0.05, 0.1) is 0 Å². The Balaban J connectivity index is 1.43. The molecule has 3 aromatic carbocycles. The molecule has 2 aliphatic rings. The van der Waals surface area contributed by atoms with Crippen molar-refractivity contribution in [1.82, 2.24) is 9.97 Å². The van der Waals surface area contributed by atoms with Crippen LogP contribution in [0.15, 0.2) is 158 Å². The summed E-state index contributed by atoms with van der Waals surface area (Å²) >= 11 is 0. The Bertz CT molecular complexity index is 1980. The van der Waals surface area contributed by atoms with Crippen LogP contribution in [-0.2, 0) is 0 Å². The van der Waals surface area contributed by atoms with E-state index in [9.17, 15) is 0 Å². The number of fused-ring (bicyclic) bond motifs is 1. The minimum atomic E-state index is 0.583. The Hall–Kier alpha value is -5.08. The van der Waals surface area contributed by atoms with Gasteiger partial charge in [0.15, 0.2) is 0 Å². The monoisotopic (exact) mass is 582 g/mol. The number of hydrogen-bond acceptors (Lipinski definition) is 2. The molecular weight excluding hydrogens is 544 g/mol. The van der Waals surface area contributed by atoms with E-state index in [1.165, 1.54) is 92.6 Å². The molecule has 0 amide bonds. The average molecular weight is 583 g/mol. The molecule has 2 heteroatoms. The largest absolute Gasteiger partial charge is 0.265 e. The van der Waals surface area contributed by atoms with Crippen LogP contribution in [0.5, 0.6) is 0 Å². The lowest BCUT2D eigenvalue weighted by atomic mass is 9.81. The predicted octanol–water partition coefficient (Wildman–Crippen LogP) is 9.23. The van der Waals surface area contributed by atoms with Crippen LogP contribution in [0.2, 0.25) is 0 Å². The van der Waals surface area contributed by atoms with Crippen LogP contribution in [0.1, 0.15) is 49.7 Å². The maximum absolute atomic E-state index is 4.74. The van der Waals surface area contributed by atoms with Gasteiger partial charge in [0.1, 0.15) is 0 Å². The van der Waals surface area contributed by atoms with Gasteiger partial charge in [0.25, 0.3) is 0 Å². The van der Waals surface area contributed by atoms with E-state index >= 15 is 0 Å². The number of allylic oxidation sites excluding steroid dienone is 5. The topological polar surface area (TPSA) is 25.8 Å². The standard InChI is InChI=1S/C43H38N2/c1-31-30-39(32-8-3-2-4-9-32)10-7-13-40(37-18-14-33(15-19-37)35-22-26-44-27-23-35)41-11-5-6-12-42(41)43(31)38-20-16-34(17-21-38)36-24-28-45-29-25-36/h5-7,10-12,14-30,32H,1-4,8-9,13H2/b10-7-,39-30+,41-40+,43-42?. The van der Waals surface area contributed by atoms with Crippen molar-refractivity contribution in [2.45, 2.75) is 38.5 Å². The molecule has 0 bridgehead atoms.